The molecule has 0 bridgehead atoms. The zero-order valence-electron chi connectivity index (χ0n) is 8.39. The average molecular weight is 253 g/mol. The summed E-state index contributed by atoms with van der Waals surface area (Å²) in [7, 11) is -3.62. The van der Waals surface area contributed by atoms with E-state index >= 15 is 0 Å². The number of nitrogens with one attached hydrogen (secondary N) is 2. The second-order valence-corrected chi connectivity index (χ2v) is 6.32. The predicted molar refractivity (Wildman–Crippen MR) is 59.6 cm³/mol. The first-order chi connectivity index (χ1) is 6.87. The largest absolute Gasteiger partial charge is 0.312 e. The van der Waals surface area contributed by atoms with Gasteiger partial charge < -0.3 is 5.32 Å². The van der Waals surface area contributed by atoms with Crippen LogP contribution in [0.3, 0.4) is 0 Å². The molecule has 1 aliphatic rings. The zero-order valence-corrected chi connectivity index (χ0v) is 10.0. The topological polar surface area (TPSA) is 101 Å². The molecule has 4 N–H and O–H groups in total. The van der Waals surface area contributed by atoms with Crippen LogP contribution >= 0.6 is 11.8 Å². The van der Waals surface area contributed by atoms with E-state index in [1.807, 2.05) is 0 Å². The van der Waals surface area contributed by atoms with Crippen LogP contribution in [0.15, 0.2) is 0 Å². The molecule has 1 fully saturated rings. The van der Waals surface area contributed by atoms with Gasteiger partial charge in [0.15, 0.2) is 5.12 Å². The Balaban J connectivity index is 2.28. The van der Waals surface area contributed by atoms with Crippen LogP contribution in [-0.2, 0) is 15.0 Å². The lowest BCUT2D eigenvalue weighted by molar-refractivity contribution is -0.109. The predicted octanol–water partition coefficient (Wildman–Crippen LogP) is -1.21. The highest BCUT2D eigenvalue weighted by atomic mass is 32.2. The fourth-order valence-corrected chi connectivity index (χ4v) is 2.89. The van der Waals surface area contributed by atoms with Crippen LogP contribution in [0.1, 0.15) is 13.3 Å². The highest BCUT2D eigenvalue weighted by Gasteiger charge is 2.25. The molecule has 6 nitrogen and oxygen atoms in total. The Morgan fingerprint density at radius 2 is 2.33 bits per heavy atom. The molecule has 0 spiro atoms. The third-order valence-electron chi connectivity index (χ3n) is 2.05. The molecule has 0 aromatic carbocycles. The number of carbonyl (C=O) groups is 1. The second kappa shape index (κ2) is 5.26. The molecule has 1 aliphatic heterocycles. The molecule has 1 heterocycles. The van der Waals surface area contributed by atoms with Crippen molar-refractivity contribution in [2.45, 2.75) is 24.6 Å². The molecule has 0 amide bonds. The number of hydrogen-bond acceptors (Lipinski definition) is 5. The zero-order chi connectivity index (χ0) is 11.5. The van der Waals surface area contributed by atoms with Crippen LogP contribution in [-0.4, -0.2) is 37.9 Å². The van der Waals surface area contributed by atoms with Crippen LogP contribution < -0.4 is 15.2 Å². The smallest absolute Gasteiger partial charge is 0.274 e. The summed E-state index contributed by atoms with van der Waals surface area (Å²) in [6, 6.07) is 0.0557. The van der Waals surface area contributed by atoms with E-state index in [4.69, 9.17) is 5.14 Å². The molecule has 88 valence electrons. The number of hydrogen-bond donors (Lipinski definition) is 3. The van der Waals surface area contributed by atoms with Crippen LogP contribution in [0.25, 0.3) is 0 Å². The first-order valence-corrected chi connectivity index (χ1v) is 6.97. The molecule has 1 rings (SSSR count). The van der Waals surface area contributed by atoms with E-state index < -0.39 is 10.2 Å². The van der Waals surface area contributed by atoms with Gasteiger partial charge in [-0.05, 0) is 6.42 Å². The SMILES string of the molecule is CC(=O)SC1CNC(CNS(N)(=O)=O)C1. The van der Waals surface area contributed by atoms with Crippen LogP contribution in [0.2, 0.25) is 0 Å². The van der Waals surface area contributed by atoms with Gasteiger partial charge in [-0.15, -0.1) is 0 Å². The molecule has 2 unspecified atom stereocenters. The van der Waals surface area contributed by atoms with Gasteiger partial charge in [-0.25, -0.2) is 9.86 Å². The third-order valence-corrected chi connectivity index (χ3v) is 3.64. The molecular weight excluding hydrogens is 238 g/mol. The summed E-state index contributed by atoms with van der Waals surface area (Å²) in [5.74, 6) is 0. The molecule has 0 aromatic rings. The van der Waals surface area contributed by atoms with E-state index in [1.165, 1.54) is 18.7 Å². The van der Waals surface area contributed by atoms with Gasteiger partial charge in [0.05, 0.1) is 0 Å². The van der Waals surface area contributed by atoms with Crippen molar-refractivity contribution in [3.05, 3.63) is 0 Å². The quantitative estimate of drug-likeness (QED) is 0.583. The average Bonchev–Trinajstić information content (AvgIpc) is 2.46. The Hall–Kier alpha value is -0.150. The van der Waals surface area contributed by atoms with Gasteiger partial charge in [0.25, 0.3) is 10.2 Å². The fraction of sp³-hybridized carbons (Fsp3) is 0.857. The van der Waals surface area contributed by atoms with Gasteiger partial charge in [0.1, 0.15) is 0 Å². The Morgan fingerprint density at radius 3 is 2.87 bits per heavy atom. The van der Waals surface area contributed by atoms with Crippen molar-refractivity contribution < 1.29 is 13.2 Å². The summed E-state index contributed by atoms with van der Waals surface area (Å²) in [5.41, 5.74) is 0. The van der Waals surface area contributed by atoms with Crippen molar-refractivity contribution >= 4 is 27.1 Å². The Labute approximate surface area is 93.5 Å². The lowest BCUT2D eigenvalue weighted by Crippen LogP contribution is -2.40. The highest BCUT2D eigenvalue weighted by Crippen LogP contribution is 2.21. The van der Waals surface area contributed by atoms with E-state index in [0.717, 1.165) is 13.0 Å². The molecule has 0 aromatic heterocycles. The van der Waals surface area contributed by atoms with Gasteiger partial charge in [-0.3, -0.25) is 4.79 Å². The van der Waals surface area contributed by atoms with Crippen LogP contribution in [0.5, 0.6) is 0 Å². The van der Waals surface area contributed by atoms with E-state index in [9.17, 15) is 13.2 Å². The van der Waals surface area contributed by atoms with Crippen LogP contribution in [0, 0.1) is 0 Å². The summed E-state index contributed by atoms with van der Waals surface area (Å²) in [4.78, 5) is 10.8. The molecular formula is C7H15N3O3S2. The molecule has 0 saturated carbocycles. The normalized spacial score (nSPS) is 26.8. The molecule has 2 atom stereocenters. The fourth-order valence-electron chi connectivity index (χ4n) is 1.48. The maximum absolute atomic E-state index is 10.8. The van der Waals surface area contributed by atoms with Gasteiger partial charge in [-0.2, -0.15) is 8.42 Å². The minimum Gasteiger partial charge on any atom is -0.312 e. The molecule has 8 heteroatoms. The minimum atomic E-state index is -3.62. The van der Waals surface area contributed by atoms with Gasteiger partial charge in [0, 0.05) is 31.3 Å². The third kappa shape index (κ3) is 5.47. The van der Waals surface area contributed by atoms with Crippen molar-refractivity contribution in [2.75, 3.05) is 13.1 Å². The minimum absolute atomic E-state index is 0.0557. The van der Waals surface area contributed by atoms with Crippen molar-refractivity contribution in [1.29, 1.82) is 0 Å². The van der Waals surface area contributed by atoms with Gasteiger partial charge in [0.2, 0.25) is 0 Å². The second-order valence-electron chi connectivity index (χ2n) is 3.47. The first-order valence-electron chi connectivity index (χ1n) is 4.55. The molecule has 15 heavy (non-hydrogen) atoms. The molecule has 0 radical (unpaired) electrons. The number of thioether (sulfide) groups is 1. The number of rotatable bonds is 4. The molecule has 1 saturated heterocycles. The van der Waals surface area contributed by atoms with E-state index in [0.29, 0.717) is 0 Å². The van der Waals surface area contributed by atoms with E-state index in [-0.39, 0.29) is 23.0 Å². The van der Waals surface area contributed by atoms with Gasteiger partial charge in [-0.1, -0.05) is 11.8 Å². The van der Waals surface area contributed by atoms with Crippen molar-refractivity contribution in [2.24, 2.45) is 5.14 Å². The molecule has 0 aliphatic carbocycles. The number of carbonyl (C=O) groups excluding carboxylic acids is 1. The van der Waals surface area contributed by atoms with E-state index in [2.05, 4.69) is 10.0 Å². The summed E-state index contributed by atoms with van der Waals surface area (Å²) < 4.78 is 23.5. The Kier molecular flexibility index (Phi) is 4.53. The van der Waals surface area contributed by atoms with Crippen molar-refractivity contribution in [3.8, 4) is 0 Å². The summed E-state index contributed by atoms with van der Waals surface area (Å²) in [6.07, 6.45) is 0.771. The van der Waals surface area contributed by atoms with Crippen LogP contribution in [0.4, 0.5) is 0 Å². The van der Waals surface area contributed by atoms with Crippen molar-refractivity contribution in [1.82, 2.24) is 10.0 Å². The number of nitrogens with two attached hydrogens (primary N) is 1. The lowest BCUT2D eigenvalue weighted by atomic mass is 10.2. The summed E-state index contributed by atoms with van der Waals surface area (Å²) in [5, 5.41) is 8.25. The lowest BCUT2D eigenvalue weighted by Gasteiger charge is -2.09. The maximum Gasteiger partial charge on any atom is 0.274 e. The standard InChI is InChI=1S/C7H15N3O3S2/c1-5(11)14-7-2-6(9-4-7)3-10-15(8,12)13/h6-7,9-10H,2-4H2,1H3,(H2,8,12,13). The highest BCUT2D eigenvalue weighted by molar-refractivity contribution is 8.14. The maximum atomic E-state index is 10.8. The first kappa shape index (κ1) is 12.9. The van der Waals surface area contributed by atoms with Crippen molar-refractivity contribution in [3.63, 3.8) is 0 Å². The monoisotopic (exact) mass is 253 g/mol. The summed E-state index contributed by atoms with van der Waals surface area (Å²) >= 11 is 1.29. The van der Waals surface area contributed by atoms with E-state index in [1.54, 1.807) is 0 Å². The Bertz CT molecular complexity index is 330. The summed E-state index contributed by atoms with van der Waals surface area (Å²) in [6.45, 7) is 2.52. The van der Waals surface area contributed by atoms with Gasteiger partial charge >= 0.3 is 0 Å². The Morgan fingerprint density at radius 1 is 1.67 bits per heavy atom.